The van der Waals surface area contributed by atoms with E-state index in [-0.39, 0.29) is 17.2 Å². The van der Waals surface area contributed by atoms with E-state index >= 15 is 0 Å². The van der Waals surface area contributed by atoms with Gasteiger partial charge in [-0.3, -0.25) is 4.79 Å². The number of allylic oxidation sites excluding steroid dienone is 1. The van der Waals surface area contributed by atoms with Crippen LogP contribution in [-0.2, 0) is 16.8 Å². The maximum absolute atomic E-state index is 12.1. The molecule has 0 aromatic heterocycles. The molecule has 28 heavy (non-hydrogen) atoms. The minimum absolute atomic E-state index is 0.164. The average Bonchev–Trinajstić information content (AvgIpc) is 3.04. The topological polar surface area (TPSA) is 38.8 Å². The number of likely N-dealkylation sites (tertiary alicyclic amines) is 1. The van der Waals surface area contributed by atoms with Gasteiger partial charge in [-0.1, -0.05) is 42.5 Å². The molecule has 0 amide bonds. The smallest absolute Gasteiger partial charge is 0.176 e. The highest BCUT2D eigenvalue weighted by Crippen LogP contribution is 2.50. The Morgan fingerprint density at radius 1 is 1.21 bits per heavy atom. The van der Waals surface area contributed by atoms with Gasteiger partial charge >= 0.3 is 0 Å². The largest absolute Gasteiger partial charge is 0.493 e. The minimum atomic E-state index is -0.196. The maximum Gasteiger partial charge on any atom is 0.176 e. The first kappa shape index (κ1) is 19.2. The highest BCUT2D eigenvalue weighted by Gasteiger charge is 2.49. The van der Waals surface area contributed by atoms with Crippen molar-refractivity contribution in [3.63, 3.8) is 0 Å². The van der Waals surface area contributed by atoms with Gasteiger partial charge in [-0.05, 0) is 59.2 Å². The van der Waals surface area contributed by atoms with Gasteiger partial charge in [0.05, 0.1) is 11.6 Å². The summed E-state index contributed by atoms with van der Waals surface area (Å²) in [5.74, 6) is 1.60. The van der Waals surface area contributed by atoms with Crippen LogP contribution >= 0.6 is 15.9 Å². The summed E-state index contributed by atoms with van der Waals surface area (Å²) in [7, 11) is 3.75. The fourth-order valence-corrected chi connectivity index (χ4v) is 5.25. The van der Waals surface area contributed by atoms with Crippen LogP contribution in [0.25, 0.3) is 0 Å². The van der Waals surface area contributed by atoms with Gasteiger partial charge < -0.3 is 14.4 Å². The van der Waals surface area contributed by atoms with Gasteiger partial charge in [0.25, 0.3) is 0 Å². The first-order chi connectivity index (χ1) is 13.5. The number of halogens is 1. The highest BCUT2D eigenvalue weighted by molar-refractivity contribution is 9.10. The summed E-state index contributed by atoms with van der Waals surface area (Å²) in [6.07, 6.45) is 5.37. The number of ether oxygens (including phenoxy) is 2. The number of rotatable bonds is 5. The number of hydrogen-bond acceptors (Lipinski definition) is 4. The molecular formula is C23H24BrNO3. The van der Waals surface area contributed by atoms with Crippen molar-refractivity contribution in [1.82, 2.24) is 4.90 Å². The molecule has 0 N–H and O–H groups in total. The molecule has 4 nitrogen and oxygen atoms in total. The van der Waals surface area contributed by atoms with Crippen LogP contribution in [0.1, 0.15) is 24.0 Å². The number of methoxy groups -OCH3 is 1. The molecule has 5 heteroatoms. The van der Waals surface area contributed by atoms with E-state index in [4.69, 9.17) is 9.47 Å². The third-order valence-corrected chi connectivity index (χ3v) is 6.76. The zero-order chi connectivity index (χ0) is 19.7. The summed E-state index contributed by atoms with van der Waals surface area (Å²) < 4.78 is 12.7. The van der Waals surface area contributed by atoms with E-state index in [1.54, 1.807) is 13.2 Å². The predicted molar refractivity (Wildman–Crippen MR) is 113 cm³/mol. The number of benzene rings is 2. The van der Waals surface area contributed by atoms with Crippen molar-refractivity contribution in [2.24, 2.45) is 0 Å². The van der Waals surface area contributed by atoms with E-state index in [9.17, 15) is 4.79 Å². The summed E-state index contributed by atoms with van der Waals surface area (Å²) in [6, 6.07) is 14.3. The lowest BCUT2D eigenvalue weighted by Crippen LogP contribution is -2.43. The van der Waals surface area contributed by atoms with Gasteiger partial charge in [-0.2, -0.15) is 0 Å². The molecular weight excluding hydrogens is 418 g/mol. The number of carbonyl (C=O) groups excluding carboxylic acids is 1. The molecule has 0 saturated carbocycles. The monoisotopic (exact) mass is 441 g/mol. The quantitative estimate of drug-likeness (QED) is 0.683. The zero-order valence-electron chi connectivity index (χ0n) is 16.2. The Kier molecular flexibility index (Phi) is 5.30. The fourth-order valence-electron chi connectivity index (χ4n) is 4.44. The van der Waals surface area contributed by atoms with Crippen LogP contribution in [0.4, 0.5) is 0 Å². The second-order valence-corrected chi connectivity index (χ2v) is 8.32. The number of fused-ring (bicyclic) bond motifs is 1. The average molecular weight is 442 g/mol. The van der Waals surface area contributed by atoms with E-state index in [0.717, 1.165) is 28.6 Å². The van der Waals surface area contributed by atoms with Crippen molar-refractivity contribution in [3.8, 4) is 11.5 Å². The second-order valence-electron chi connectivity index (χ2n) is 7.52. The molecule has 0 bridgehead atoms. The zero-order valence-corrected chi connectivity index (χ0v) is 17.7. The van der Waals surface area contributed by atoms with E-state index < -0.39 is 0 Å². The van der Waals surface area contributed by atoms with E-state index in [0.29, 0.717) is 24.5 Å². The summed E-state index contributed by atoms with van der Waals surface area (Å²) in [5.41, 5.74) is 2.05. The standard InChI is InChI=1S/C23H24BrNO3/c1-25-13-12-23(11-10-17(26)14-20(23)25)18-8-9-19(27-2)22(21(18)24)28-15-16-6-4-3-5-7-16/h3-11,20H,12-15H2,1-2H3/t20-,23-/m0/s1. The Balaban J connectivity index is 1.74. The molecule has 1 aliphatic carbocycles. The third-order valence-electron chi connectivity index (χ3n) is 5.97. The van der Waals surface area contributed by atoms with Gasteiger partial charge in [0.15, 0.2) is 17.3 Å². The van der Waals surface area contributed by atoms with Gasteiger partial charge in [0, 0.05) is 17.9 Å². The van der Waals surface area contributed by atoms with E-state index in [1.807, 2.05) is 36.4 Å². The van der Waals surface area contributed by atoms with Gasteiger partial charge in [-0.15, -0.1) is 0 Å². The molecule has 0 spiro atoms. The molecule has 2 aromatic carbocycles. The van der Waals surface area contributed by atoms with Crippen molar-refractivity contribution in [2.75, 3.05) is 20.7 Å². The Morgan fingerprint density at radius 2 is 2.00 bits per heavy atom. The number of carbonyl (C=O) groups is 1. The van der Waals surface area contributed by atoms with Crippen LogP contribution < -0.4 is 9.47 Å². The molecule has 1 heterocycles. The van der Waals surface area contributed by atoms with E-state index in [1.165, 1.54) is 0 Å². The minimum Gasteiger partial charge on any atom is -0.493 e. The van der Waals surface area contributed by atoms with Crippen molar-refractivity contribution in [3.05, 3.63) is 70.2 Å². The first-order valence-electron chi connectivity index (χ1n) is 9.51. The van der Waals surface area contributed by atoms with Crippen molar-refractivity contribution in [2.45, 2.75) is 30.9 Å². The molecule has 2 atom stereocenters. The van der Waals surface area contributed by atoms with Crippen LogP contribution in [0.15, 0.2) is 59.1 Å². The SMILES string of the molecule is COc1ccc([C@@]23C=CC(=O)C[C@@H]2N(C)CC3)c(Br)c1OCc1ccccc1. The van der Waals surface area contributed by atoms with Crippen LogP contribution in [-0.4, -0.2) is 37.4 Å². The predicted octanol–water partition coefficient (Wildman–Crippen LogP) is 4.51. The Labute approximate surface area is 174 Å². The summed E-state index contributed by atoms with van der Waals surface area (Å²) >= 11 is 3.81. The molecule has 1 saturated heterocycles. The molecule has 2 aromatic rings. The van der Waals surface area contributed by atoms with Crippen LogP contribution in [0, 0.1) is 0 Å². The van der Waals surface area contributed by atoms with Crippen molar-refractivity contribution in [1.29, 1.82) is 0 Å². The van der Waals surface area contributed by atoms with Crippen molar-refractivity contribution >= 4 is 21.7 Å². The molecule has 0 radical (unpaired) electrons. The molecule has 146 valence electrons. The maximum atomic E-state index is 12.1. The lowest BCUT2D eigenvalue weighted by atomic mass is 9.69. The summed E-state index contributed by atoms with van der Waals surface area (Å²) in [4.78, 5) is 14.4. The van der Waals surface area contributed by atoms with Gasteiger partial charge in [-0.25, -0.2) is 0 Å². The Bertz CT molecular complexity index is 912. The highest BCUT2D eigenvalue weighted by atomic mass is 79.9. The van der Waals surface area contributed by atoms with Crippen LogP contribution in [0.5, 0.6) is 11.5 Å². The summed E-state index contributed by atoms with van der Waals surface area (Å²) in [6.45, 7) is 1.42. The Hall–Kier alpha value is -2.11. The number of likely N-dealkylation sites (N-methyl/N-ethyl adjacent to an activating group) is 1. The lowest BCUT2D eigenvalue weighted by molar-refractivity contribution is -0.116. The molecule has 2 aliphatic rings. The third kappa shape index (κ3) is 3.27. The fraction of sp³-hybridized carbons (Fsp3) is 0.348. The number of ketones is 1. The second kappa shape index (κ2) is 7.72. The molecule has 0 unspecified atom stereocenters. The molecule has 1 aliphatic heterocycles. The van der Waals surface area contributed by atoms with Gasteiger partial charge in [0.1, 0.15) is 6.61 Å². The normalized spacial score (nSPS) is 24.2. The molecule has 1 fully saturated rings. The van der Waals surface area contributed by atoms with Crippen LogP contribution in [0.2, 0.25) is 0 Å². The van der Waals surface area contributed by atoms with Crippen LogP contribution in [0.3, 0.4) is 0 Å². The Morgan fingerprint density at radius 3 is 2.75 bits per heavy atom. The molecule has 4 rings (SSSR count). The lowest BCUT2D eigenvalue weighted by Gasteiger charge is -2.38. The van der Waals surface area contributed by atoms with Crippen molar-refractivity contribution < 1.29 is 14.3 Å². The number of nitrogens with zero attached hydrogens (tertiary/aromatic N) is 1. The first-order valence-corrected chi connectivity index (χ1v) is 10.3. The van der Waals surface area contributed by atoms with Gasteiger partial charge in [0.2, 0.25) is 0 Å². The number of hydrogen-bond donors (Lipinski definition) is 0. The van der Waals surface area contributed by atoms with E-state index in [2.05, 4.69) is 40.0 Å². The summed E-state index contributed by atoms with van der Waals surface area (Å²) in [5, 5.41) is 0.